The molecule has 2 N–H and O–H groups in total. The molecule has 0 radical (unpaired) electrons. The molecule has 90 valence electrons. The lowest BCUT2D eigenvalue weighted by atomic mass is 10.0. The first-order valence-corrected chi connectivity index (χ1v) is 5.70. The van der Waals surface area contributed by atoms with Gasteiger partial charge in [0.15, 0.2) is 0 Å². The van der Waals surface area contributed by atoms with Gasteiger partial charge >= 0.3 is 0 Å². The molecule has 0 fully saturated rings. The van der Waals surface area contributed by atoms with Crippen LogP contribution in [-0.2, 0) is 6.54 Å². The zero-order valence-corrected chi connectivity index (χ0v) is 10.4. The summed E-state index contributed by atoms with van der Waals surface area (Å²) < 4.78 is 1.87. The van der Waals surface area contributed by atoms with E-state index in [0.29, 0.717) is 0 Å². The number of nitrogens with zero attached hydrogens (tertiary/aromatic N) is 4. The topological polar surface area (TPSA) is 69.6 Å². The summed E-state index contributed by atoms with van der Waals surface area (Å²) in [4.78, 5) is 0. The van der Waals surface area contributed by atoms with Crippen LogP contribution in [-0.4, -0.2) is 20.0 Å². The second-order valence-corrected chi connectivity index (χ2v) is 4.13. The molecule has 0 bridgehead atoms. The molecule has 0 saturated carbocycles. The van der Waals surface area contributed by atoms with Crippen molar-refractivity contribution >= 4 is 0 Å². The second kappa shape index (κ2) is 4.63. The van der Waals surface area contributed by atoms with Crippen LogP contribution in [0.1, 0.15) is 35.5 Å². The van der Waals surface area contributed by atoms with Gasteiger partial charge in [0.2, 0.25) is 0 Å². The largest absolute Gasteiger partial charge is 0.320 e. The van der Waals surface area contributed by atoms with Gasteiger partial charge in [0.1, 0.15) is 0 Å². The number of aromatic nitrogens is 4. The first kappa shape index (κ1) is 11.7. The molecule has 0 aliphatic rings. The highest BCUT2D eigenvalue weighted by atomic mass is 15.3. The predicted octanol–water partition coefficient (Wildman–Crippen LogP) is 1.36. The molecule has 2 aromatic heterocycles. The van der Waals surface area contributed by atoms with Gasteiger partial charge in [0.05, 0.1) is 23.6 Å². The Hall–Kier alpha value is -1.75. The molecule has 0 aliphatic heterocycles. The summed E-state index contributed by atoms with van der Waals surface area (Å²) in [6.45, 7) is 6.73. The smallest absolute Gasteiger partial charge is 0.0651 e. The summed E-state index contributed by atoms with van der Waals surface area (Å²) >= 11 is 0. The number of aryl methyl sites for hydroxylation is 3. The maximum atomic E-state index is 6.23. The third-order valence-electron chi connectivity index (χ3n) is 2.81. The SMILES string of the molecule is CCn1cc(C(N)c2cc(C)nnc2C)cn1. The highest BCUT2D eigenvalue weighted by Gasteiger charge is 2.14. The Balaban J connectivity index is 2.35. The average molecular weight is 231 g/mol. The lowest BCUT2D eigenvalue weighted by molar-refractivity contribution is 0.658. The summed E-state index contributed by atoms with van der Waals surface area (Å²) in [5.74, 6) is 0. The normalized spacial score (nSPS) is 12.7. The Bertz CT molecular complexity index is 517. The van der Waals surface area contributed by atoms with Gasteiger partial charge in [0.25, 0.3) is 0 Å². The standard InChI is InChI=1S/C12H17N5/c1-4-17-7-10(6-14-17)12(13)11-5-8(2)15-16-9(11)3/h5-7,12H,4,13H2,1-3H3. The lowest BCUT2D eigenvalue weighted by Gasteiger charge is -2.12. The second-order valence-electron chi connectivity index (χ2n) is 4.13. The van der Waals surface area contributed by atoms with Crippen molar-refractivity contribution in [1.29, 1.82) is 0 Å². The van der Waals surface area contributed by atoms with Crippen LogP contribution in [0.4, 0.5) is 0 Å². The summed E-state index contributed by atoms with van der Waals surface area (Å²) in [5, 5.41) is 12.3. The molecular weight excluding hydrogens is 214 g/mol. The molecule has 1 atom stereocenters. The van der Waals surface area contributed by atoms with E-state index in [1.54, 1.807) is 0 Å². The van der Waals surface area contributed by atoms with Crippen molar-refractivity contribution in [3.63, 3.8) is 0 Å². The van der Waals surface area contributed by atoms with Gasteiger partial charge in [0, 0.05) is 18.3 Å². The van der Waals surface area contributed by atoms with Gasteiger partial charge in [-0.1, -0.05) is 0 Å². The first-order chi connectivity index (χ1) is 8.11. The zero-order valence-electron chi connectivity index (χ0n) is 10.4. The van der Waals surface area contributed by atoms with Gasteiger partial charge in [-0.05, 0) is 32.4 Å². The van der Waals surface area contributed by atoms with E-state index in [0.717, 1.165) is 29.1 Å². The number of hydrogen-bond acceptors (Lipinski definition) is 4. The van der Waals surface area contributed by atoms with Crippen molar-refractivity contribution in [2.24, 2.45) is 5.73 Å². The van der Waals surface area contributed by atoms with Crippen LogP contribution in [0.2, 0.25) is 0 Å². The average Bonchev–Trinajstić information content (AvgIpc) is 2.80. The fourth-order valence-electron chi connectivity index (χ4n) is 1.78. The Morgan fingerprint density at radius 2 is 2.12 bits per heavy atom. The molecule has 2 rings (SSSR count). The predicted molar refractivity (Wildman–Crippen MR) is 65.4 cm³/mol. The molecule has 2 aromatic rings. The van der Waals surface area contributed by atoms with E-state index in [1.165, 1.54) is 0 Å². The fourth-order valence-corrected chi connectivity index (χ4v) is 1.78. The third-order valence-corrected chi connectivity index (χ3v) is 2.81. The van der Waals surface area contributed by atoms with Gasteiger partial charge < -0.3 is 5.73 Å². The van der Waals surface area contributed by atoms with Crippen LogP contribution in [0, 0.1) is 13.8 Å². The van der Waals surface area contributed by atoms with Crippen LogP contribution in [0.3, 0.4) is 0 Å². The first-order valence-electron chi connectivity index (χ1n) is 5.70. The molecule has 0 spiro atoms. The van der Waals surface area contributed by atoms with Crippen molar-refractivity contribution in [3.8, 4) is 0 Å². The van der Waals surface area contributed by atoms with Gasteiger partial charge in [-0.15, -0.1) is 0 Å². The maximum absolute atomic E-state index is 6.23. The van der Waals surface area contributed by atoms with Crippen LogP contribution >= 0.6 is 0 Å². The maximum Gasteiger partial charge on any atom is 0.0651 e. The quantitative estimate of drug-likeness (QED) is 0.865. The fraction of sp³-hybridized carbons (Fsp3) is 0.417. The number of rotatable bonds is 3. The highest BCUT2D eigenvalue weighted by Crippen LogP contribution is 2.21. The number of nitrogens with two attached hydrogens (primary N) is 1. The lowest BCUT2D eigenvalue weighted by Crippen LogP contribution is -2.14. The summed E-state index contributed by atoms with van der Waals surface area (Å²) in [5.41, 5.74) is 9.99. The molecule has 0 saturated heterocycles. The van der Waals surface area contributed by atoms with E-state index in [-0.39, 0.29) is 6.04 Å². The Labute approximate surface area is 101 Å². The molecule has 0 aliphatic carbocycles. The summed E-state index contributed by atoms with van der Waals surface area (Å²) in [6.07, 6.45) is 3.78. The van der Waals surface area contributed by atoms with Crippen LogP contribution in [0.25, 0.3) is 0 Å². The van der Waals surface area contributed by atoms with E-state index >= 15 is 0 Å². The molecule has 0 amide bonds. The molecule has 5 nitrogen and oxygen atoms in total. The Morgan fingerprint density at radius 1 is 1.35 bits per heavy atom. The van der Waals surface area contributed by atoms with E-state index < -0.39 is 0 Å². The van der Waals surface area contributed by atoms with Crippen molar-refractivity contribution in [1.82, 2.24) is 20.0 Å². The van der Waals surface area contributed by atoms with Crippen LogP contribution in [0.5, 0.6) is 0 Å². The van der Waals surface area contributed by atoms with Crippen molar-refractivity contribution in [2.45, 2.75) is 33.4 Å². The van der Waals surface area contributed by atoms with E-state index in [4.69, 9.17) is 5.73 Å². The van der Waals surface area contributed by atoms with Crippen LogP contribution < -0.4 is 5.73 Å². The molecular formula is C12H17N5. The van der Waals surface area contributed by atoms with Gasteiger partial charge in [-0.2, -0.15) is 15.3 Å². The molecule has 2 heterocycles. The Morgan fingerprint density at radius 3 is 2.76 bits per heavy atom. The minimum atomic E-state index is -0.190. The van der Waals surface area contributed by atoms with Crippen molar-refractivity contribution in [2.75, 3.05) is 0 Å². The van der Waals surface area contributed by atoms with Gasteiger partial charge in [-0.25, -0.2) is 0 Å². The summed E-state index contributed by atoms with van der Waals surface area (Å²) in [7, 11) is 0. The van der Waals surface area contributed by atoms with Crippen LogP contribution in [0.15, 0.2) is 18.5 Å². The van der Waals surface area contributed by atoms with E-state index in [2.05, 4.69) is 15.3 Å². The number of hydrogen-bond donors (Lipinski definition) is 1. The molecule has 5 heteroatoms. The van der Waals surface area contributed by atoms with Gasteiger partial charge in [-0.3, -0.25) is 4.68 Å². The van der Waals surface area contributed by atoms with E-state index in [1.807, 2.05) is 43.9 Å². The monoisotopic (exact) mass is 231 g/mol. The molecule has 0 aromatic carbocycles. The minimum Gasteiger partial charge on any atom is -0.320 e. The van der Waals surface area contributed by atoms with E-state index in [9.17, 15) is 0 Å². The highest BCUT2D eigenvalue weighted by molar-refractivity contribution is 5.31. The summed E-state index contributed by atoms with van der Waals surface area (Å²) in [6, 6.07) is 1.79. The molecule has 17 heavy (non-hydrogen) atoms. The minimum absolute atomic E-state index is 0.190. The van der Waals surface area contributed by atoms with Crippen molar-refractivity contribution < 1.29 is 0 Å². The zero-order chi connectivity index (χ0) is 12.4. The Kier molecular flexibility index (Phi) is 3.19. The van der Waals surface area contributed by atoms with Crippen molar-refractivity contribution in [3.05, 3.63) is 41.0 Å². The third kappa shape index (κ3) is 2.34. The molecule has 1 unspecified atom stereocenters.